The summed E-state index contributed by atoms with van der Waals surface area (Å²) in [5, 5.41) is 0. The Morgan fingerprint density at radius 3 is 1.40 bits per heavy atom. The molecule has 0 aliphatic heterocycles. The molecule has 0 amide bonds. The molecule has 2 saturated carbocycles. The predicted octanol–water partition coefficient (Wildman–Crippen LogP) is 8.95. The van der Waals surface area contributed by atoms with Gasteiger partial charge >= 0.3 is 8.25 Å². The topological polar surface area (TPSA) is 54.0 Å². The minimum atomic E-state index is -2.63. The molecular weight excluding hydrogens is 543 g/mol. The van der Waals surface area contributed by atoms with E-state index in [-0.39, 0.29) is 11.8 Å². The third-order valence-corrected chi connectivity index (χ3v) is 9.02. The standard InChI is InChI=1S/C36H39O5P/c37-42(40-25-35(29-17-18-29)31-13-7-15-33(21-31)38-23-27-9-3-1-4-10-27)41-26-36(30-19-20-30)32-14-8-16-34(22-32)39-24-28-11-5-2-6-12-28/h1-16,21-22,29-30,35-36,42H,17-20,23-26H2. The second-order valence-electron chi connectivity index (χ2n) is 11.5. The molecule has 5 nitrogen and oxygen atoms in total. The van der Waals surface area contributed by atoms with Crippen molar-refractivity contribution in [3.8, 4) is 11.5 Å². The lowest BCUT2D eigenvalue weighted by atomic mass is 9.95. The van der Waals surface area contributed by atoms with E-state index in [1.807, 2.05) is 60.7 Å². The molecule has 2 aliphatic rings. The lowest BCUT2D eigenvalue weighted by molar-refractivity contribution is 0.196. The average molecular weight is 583 g/mol. The van der Waals surface area contributed by atoms with Crippen LogP contribution in [0.5, 0.6) is 11.5 Å². The molecule has 0 heterocycles. The summed E-state index contributed by atoms with van der Waals surface area (Å²) < 4.78 is 36.8. The van der Waals surface area contributed by atoms with Crippen molar-refractivity contribution in [3.63, 3.8) is 0 Å². The van der Waals surface area contributed by atoms with Gasteiger partial charge in [0.05, 0.1) is 13.2 Å². The largest absolute Gasteiger partial charge is 0.489 e. The SMILES string of the molecule is O=[PH](OCC(c1cccc(OCc2ccccc2)c1)C1CC1)OCC(c1cccc(OCc2ccccc2)c1)C1CC1. The summed E-state index contributed by atoms with van der Waals surface area (Å²) in [5.74, 6) is 3.13. The van der Waals surface area contributed by atoms with E-state index in [1.54, 1.807) is 0 Å². The molecule has 42 heavy (non-hydrogen) atoms. The summed E-state index contributed by atoms with van der Waals surface area (Å²) in [7, 11) is -2.63. The first-order valence-electron chi connectivity index (χ1n) is 15.0. The quantitative estimate of drug-likeness (QED) is 0.123. The first-order chi connectivity index (χ1) is 20.7. The highest BCUT2D eigenvalue weighted by Gasteiger charge is 2.35. The van der Waals surface area contributed by atoms with Gasteiger partial charge in [-0.2, -0.15) is 0 Å². The van der Waals surface area contributed by atoms with Crippen LogP contribution in [0.15, 0.2) is 109 Å². The van der Waals surface area contributed by atoms with Gasteiger partial charge in [-0.25, -0.2) is 0 Å². The van der Waals surface area contributed by atoms with Crippen molar-refractivity contribution < 1.29 is 23.1 Å². The van der Waals surface area contributed by atoms with Crippen LogP contribution in [0.2, 0.25) is 0 Å². The van der Waals surface area contributed by atoms with E-state index in [9.17, 15) is 4.57 Å². The Balaban J connectivity index is 1.02. The summed E-state index contributed by atoms with van der Waals surface area (Å²) in [5.41, 5.74) is 4.61. The maximum atomic E-state index is 12.9. The summed E-state index contributed by atoms with van der Waals surface area (Å²) in [6.07, 6.45) is 4.66. The van der Waals surface area contributed by atoms with E-state index in [0.29, 0.717) is 38.3 Å². The summed E-state index contributed by atoms with van der Waals surface area (Å²) in [6, 6.07) is 36.8. The van der Waals surface area contributed by atoms with E-state index in [2.05, 4.69) is 48.5 Å². The lowest BCUT2D eigenvalue weighted by Gasteiger charge is -2.20. The van der Waals surface area contributed by atoms with Crippen LogP contribution in [0.4, 0.5) is 0 Å². The minimum Gasteiger partial charge on any atom is -0.489 e. The Kier molecular flexibility index (Phi) is 9.72. The predicted molar refractivity (Wildman–Crippen MR) is 166 cm³/mol. The van der Waals surface area contributed by atoms with Crippen molar-refractivity contribution in [2.45, 2.75) is 50.7 Å². The molecule has 0 bridgehead atoms. The van der Waals surface area contributed by atoms with Crippen molar-refractivity contribution in [1.82, 2.24) is 0 Å². The van der Waals surface area contributed by atoms with Crippen molar-refractivity contribution in [2.24, 2.45) is 11.8 Å². The number of hydrogen-bond donors (Lipinski definition) is 0. The van der Waals surface area contributed by atoms with Gasteiger partial charge in [-0.15, -0.1) is 0 Å². The fourth-order valence-corrected chi connectivity index (χ4v) is 6.23. The summed E-state index contributed by atoms with van der Waals surface area (Å²) in [4.78, 5) is 0. The highest BCUT2D eigenvalue weighted by molar-refractivity contribution is 7.33. The van der Waals surface area contributed by atoms with Gasteiger partial charge in [-0.1, -0.05) is 84.9 Å². The Morgan fingerprint density at radius 2 is 1.00 bits per heavy atom. The minimum absolute atomic E-state index is 0.181. The van der Waals surface area contributed by atoms with Crippen LogP contribution in [-0.2, 0) is 26.8 Å². The average Bonchev–Trinajstić information content (AvgIpc) is 3.97. The lowest BCUT2D eigenvalue weighted by Crippen LogP contribution is -2.11. The fourth-order valence-electron chi connectivity index (χ4n) is 5.52. The van der Waals surface area contributed by atoms with E-state index < -0.39 is 8.25 Å². The molecule has 4 aromatic rings. The zero-order valence-electron chi connectivity index (χ0n) is 23.9. The Morgan fingerprint density at radius 1 is 0.571 bits per heavy atom. The highest BCUT2D eigenvalue weighted by atomic mass is 31.1. The van der Waals surface area contributed by atoms with E-state index in [4.69, 9.17) is 18.5 Å². The van der Waals surface area contributed by atoms with E-state index in [0.717, 1.165) is 48.3 Å². The van der Waals surface area contributed by atoms with Gasteiger partial charge in [-0.3, -0.25) is 4.57 Å². The van der Waals surface area contributed by atoms with Crippen molar-refractivity contribution >= 4 is 8.25 Å². The van der Waals surface area contributed by atoms with Gasteiger partial charge in [0.15, 0.2) is 0 Å². The molecule has 6 rings (SSSR count). The molecule has 0 saturated heterocycles. The smallest absolute Gasteiger partial charge is 0.319 e. The molecule has 0 radical (unpaired) electrons. The van der Waals surface area contributed by atoms with Gasteiger partial charge in [0.2, 0.25) is 0 Å². The molecule has 6 heteroatoms. The van der Waals surface area contributed by atoms with Gasteiger partial charge in [0, 0.05) is 11.8 Å². The molecule has 4 aromatic carbocycles. The Hall–Kier alpha value is -3.37. The molecule has 2 atom stereocenters. The van der Waals surface area contributed by atoms with E-state index in [1.165, 1.54) is 11.1 Å². The highest BCUT2D eigenvalue weighted by Crippen LogP contribution is 2.47. The van der Waals surface area contributed by atoms with Crippen LogP contribution < -0.4 is 9.47 Å². The molecule has 2 aliphatic carbocycles. The van der Waals surface area contributed by atoms with Crippen LogP contribution in [0.3, 0.4) is 0 Å². The number of ether oxygens (including phenoxy) is 2. The summed E-state index contributed by atoms with van der Waals surface area (Å²) >= 11 is 0. The summed E-state index contributed by atoms with van der Waals surface area (Å²) in [6.45, 7) is 1.84. The third-order valence-electron chi connectivity index (χ3n) is 8.21. The first kappa shape index (κ1) is 28.7. The van der Waals surface area contributed by atoms with Crippen LogP contribution in [0.1, 0.15) is 59.8 Å². The number of rotatable bonds is 16. The molecule has 2 unspecified atom stereocenters. The van der Waals surface area contributed by atoms with Crippen LogP contribution in [-0.4, -0.2) is 13.2 Å². The second kappa shape index (κ2) is 14.2. The molecule has 0 spiro atoms. The number of hydrogen-bond acceptors (Lipinski definition) is 5. The first-order valence-corrected chi connectivity index (χ1v) is 16.3. The van der Waals surface area contributed by atoms with Crippen molar-refractivity contribution in [2.75, 3.05) is 13.2 Å². The van der Waals surface area contributed by atoms with Gasteiger partial charge in [0.1, 0.15) is 24.7 Å². The van der Waals surface area contributed by atoms with Gasteiger partial charge in [0.25, 0.3) is 0 Å². The maximum Gasteiger partial charge on any atom is 0.319 e. The monoisotopic (exact) mass is 582 g/mol. The third kappa shape index (κ3) is 8.35. The molecule has 0 N–H and O–H groups in total. The second-order valence-corrected chi connectivity index (χ2v) is 12.5. The molecular formula is C36H39O5P. The zero-order chi connectivity index (χ0) is 28.6. The Labute approximate surface area is 249 Å². The van der Waals surface area contributed by atoms with E-state index >= 15 is 0 Å². The van der Waals surface area contributed by atoms with Crippen LogP contribution >= 0.6 is 8.25 Å². The molecule has 218 valence electrons. The Bertz CT molecular complexity index is 1330. The molecule has 2 fully saturated rings. The van der Waals surface area contributed by atoms with Crippen molar-refractivity contribution in [3.05, 3.63) is 131 Å². The van der Waals surface area contributed by atoms with Gasteiger partial charge < -0.3 is 18.5 Å². The maximum absolute atomic E-state index is 12.9. The van der Waals surface area contributed by atoms with Gasteiger partial charge in [-0.05, 0) is 84.0 Å². The zero-order valence-corrected chi connectivity index (χ0v) is 24.9. The fraction of sp³-hybridized carbons (Fsp3) is 0.333. The van der Waals surface area contributed by atoms with Crippen molar-refractivity contribution in [1.29, 1.82) is 0 Å². The normalized spacial score (nSPS) is 16.9. The van der Waals surface area contributed by atoms with Crippen LogP contribution in [0.25, 0.3) is 0 Å². The molecule has 0 aromatic heterocycles. The number of benzene rings is 4. The van der Waals surface area contributed by atoms with Crippen LogP contribution in [0, 0.1) is 11.8 Å².